The summed E-state index contributed by atoms with van der Waals surface area (Å²) in [5.41, 5.74) is 0. The van der Waals surface area contributed by atoms with Crippen LogP contribution in [0.1, 0.15) is 19.8 Å². The monoisotopic (exact) mass is 178 g/mol. The van der Waals surface area contributed by atoms with Crippen molar-refractivity contribution < 1.29 is 8.42 Å². The number of rotatable bonds is 4. The van der Waals surface area contributed by atoms with E-state index in [-0.39, 0.29) is 11.4 Å². The fraction of sp³-hybridized carbons (Fsp3) is 1.00. The smallest absolute Gasteiger partial charge is 0.215 e. The van der Waals surface area contributed by atoms with Crippen LogP contribution >= 0.6 is 0 Å². The molecule has 11 heavy (non-hydrogen) atoms. The largest absolute Gasteiger partial charge is 0.304 e. The fourth-order valence-electron chi connectivity index (χ4n) is 0.780. The van der Waals surface area contributed by atoms with Crippen molar-refractivity contribution in [3.63, 3.8) is 0 Å². The Morgan fingerprint density at radius 1 is 1.45 bits per heavy atom. The Morgan fingerprint density at radius 3 is 2.36 bits per heavy atom. The summed E-state index contributed by atoms with van der Waals surface area (Å²) in [5, 5.41) is 2.69. The third-order valence-electron chi connectivity index (χ3n) is 1.74. The fourth-order valence-corrected chi connectivity index (χ4v) is 2.34. The van der Waals surface area contributed by atoms with Gasteiger partial charge in [-0.15, -0.1) is 0 Å². The number of sulfonamides is 1. The zero-order valence-electron chi connectivity index (χ0n) is 6.79. The molecule has 1 rings (SSSR count). The zero-order valence-corrected chi connectivity index (χ0v) is 7.61. The molecule has 1 unspecified atom stereocenters. The lowest BCUT2D eigenvalue weighted by Crippen LogP contribution is -2.42. The maximum atomic E-state index is 11.2. The number of nitrogens with one attached hydrogen (secondary N) is 2. The van der Waals surface area contributed by atoms with Crippen LogP contribution in [0.25, 0.3) is 0 Å². The summed E-state index contributed by atoms with van der Waals surface area (Å²) in [7, 11) is -1.29. The van der Waals surface area contributed by atoms with Crippen molar-refractivity contribution in [3.8, 4) is 0 Å². The first kappa shape index (κ1) is 8.96. The summed E-state index contributed by atoms with van der Waals surface area (Å²) in [6.07, 6.45) is 1.46. The molecule has 2 N–H and O–H groups in total. The van der Waals surface area contributed by atoms with Gasteiger partial charge in [0, 0.05) is 0 Å². The second kappa shape index (κ2) is 3.08. The van der Waals surface area contributed by atoms with E-state index in [1.165, 1.54) is 0 Å². The molecule has 5 heteroatoms. The van der Waals surface area contributed by atoms with Gasteiger partial charge in [-0.1, -0.05) is 0 Å². The van der Waals surface area contributed by atoms with Crippen LogP contribution in [0.15, 0.2) is 0 Å². The molecule has 0 radical (unpaired) electrons. The zero-order chi connectivity index (χ0) is 8.48. The Hall–Kier alpha value is -0.130. The lowest BCUT2D eigenvalue weighted by Gasteiger charge is -2.11. The van der Waals surface area contributed by atoms with Gasteiger partial charge in [0.1, 0.15) is 0 Å². The van der Waals surface area contributed by atoms with Gasteiger partial charge in [0.2, 0.25) is 10.0 Å². The van der Waals surface area contributed by atoms with Gasteiger partial charge < -0.3 is 5.32 Å². The van der Waals surface area contributed by atoms with Crippen LogP contribution in [0.3, 0.4) is 0 Å². The van der Waals surface area contributed by atoms with Gasteiger partial charge in [0.15, 0.2) is 0 Å². The van der Waals surface area contributed by atoms with Crippen molar-refractivity contribution in [2.45, 2.75) is 31.2 Å². The summed E-state index contributed by atoms with van der Waals surface area (Å²) in [6.45, 7) is 1.78. The predicted octanol–water partition coefficient (Wildman–Crippen LogP) is -0.366. The molecule has 0 bridgehead atoms. The first-order valence-corrected chi connectivity index (χ1v) is 5.29. The summed E-state index contributed by atoms with van der Waals surface area (Å²) in [5.74, 6) is 0. The molecular weight excluding hydrogens is 164 g/mol. The van der Waals surface area contributed by atoms with Gasteiger partial charge in [0.05, 0.1) is 11.4 Å². The molecule has 1 fully saturated rings. The summed E-state index contributed by atoms with van der Waals surface area (Å²) < 4.78 is 25.0. The van der Waals surface area contributed by atoms with E-state index in [9.17, 15) is 8.42 Å². The average Bonchev–Trinajstić information content (AvgIpc) is 2.66. The molecule has 0 heterocycles. The minimum Gasteiger partial charge on any atom is -0.304 e. The highest BCUT2D eigenvalue weighted by atomic mass is 32.2. The standard InChI is InChI=1S/C6H14N2O2S/c1-5(7-2)8-11(9,10)6-3-4-6/h5-8H,3-4H2,1-2H3. The van der Waals surface area contributed by atoms with E-state index in [1.807, 2.05) is 0 Å². The maximum absolute atomic E-state index is 11.2. The van der Waals surface area contributed by atoms with Crippen molar-refractivity contribution in [2.75, 3.05) is 7.05 Å². The lowest BCUT2D eigenvalue weighted by molar-refractivity contribution is 0.533. The molecule has 0 aromatic heterocycles. The van der Waals surface area contributed by atoms with Gasteiger partial charge >= 0.3 is 0 Å². The Bertz CT molecular complexity index is 221. The minimum absolute atomic E-state index is 0.127. The van der Waals surface area contributed by atoms with E-state index < -0.39 is 10.0 Å². The van der Waals surface area contributed by atoms with E-state index in [2.05, 4.69) is 10.0 Å². The molecule has 0 aliphatic heterocycles. The molecular formula is C6H14N2O2S. The van der Waals surface area contributed by atoms with E-state index in [1.54, 1.807) is 14.0 Å². The van der Waals surface area contributed by atoms with E-state index in [0.29, 0.717) is 0 Å². The Morgan fingerprint density at radius 2 is 2.00 bits per heavy atom. The molecule has 4 nitrogen and oxygen atoms in total. The third-order valence-corrected chi connectivity index (χ3v) is 3.77. The van der Waals surface area contributed by atoms with Crippen molar-refractivity contribution in [3.05, 3.63) is 0 Å². The highest BCUT2D eigenvalue weighted by molar-refractivity contribution is 7.90. The van der Waals surface area contributed by atoms with Crippen molar-refractivity contribution in [2.24, 2.45) is 0 Å². The molecule has 0 spiro atoms. The van der Waals surface area contributed by atoms with E-state index in [0.717, 1.165) is 12.8 Å². The molecule has 0 aromatic rings. The van der Waals surface area contributed by atoms with Crippen LogP contribution in [0.5, 0.6) is 0 Å². The number of hydrogen-bond acceptors (Lipinski definition) is 3. The molecule has 1 aliphatic carbocycles. The lowest BCUT2D eigenvalue weighted by atomic mass is 10.6. The van der Waals surface area contributed by atoms with Crippen LogP contribution in [0, 0.1) is 0 Å². The maximum Gasteiger partial charge on any atom is 0.215 e. The number of hydrogen-bond donors (Lipinski definition) is 2. The van der Waals surface area contributed by atoms with Crippen LogP contribution < -0.4 is 10.0 Å². The highest BCUT2D eigenvalue weighted by Crippen LogP contribution is 2.27. The van der Waals surface area contributed by atoms with Gasteiger partial charge in [-0.2, -0.15) is 4.72 Å². The van der Waals surface area contributed by atoms with Gasteiger partial charge in [-0.25, -0.2) is 8.42 Å². The van der Waals surface area contributed by atoms with Gasteiger partial charge in [-0.05, 0) is 26.8 Å². The highest BCUT2D eigenvalue weighted by Gasteiger charge is 2.36. The second-order valence-electron chi connectivity index (χ2n) is 2.87. The van der Waals surface area contributed by atoms with Crippen LogP contribution in [-0.2, 0) is 10.0 Å². The molecule has 1 aliphatic rings. The summed E-state index contributed by atoms with van der Waals surface area (Å²) >= 11 is 0. The normalized spacial score (nSPS) is 21.6. The van der Waals surface area contributed by atoms with Crippen LogP contribution in [0.4, 0.5) is 0 Å². The molecule has 66 valence electrons. The summed E-state index contributed by atoms with van der Waals surface area (Å²) in [6, 6.07) is 0. The Balaban J connectivity index is 2.46. The SMILES string of the molecule is CNC(C)NS(=O)(=O)C1CC1. The second-order valence-corrected chi connectivity index (χ2v) is 4.86. The van der Waals surface area contributed by atoms with Gasteiger partial charge in [0.25, 0.3) is 0 Å². The van der Waals surface area contributed by atoms with Crippen LogP contribution in [0.2, 0.25) is 0 Å². The first-order chi connectivity index (χ1) is 5.06. The van der Waals surface area contributed by atoms with Crippen molar-refractivity contribution >= 4 is 10.0 Å². The van der Waals surface area contributed by atoms with Crippen molar-refractivity contribution in [1.29, 1.82) is 0 Å². The first-order valence-electron chi connectivity index (χ1n) is 3.74. The predicted molar refractivity (Wildman–Crippen MR) is 43.6 cm³/mol. The van der Waals surface area contributed by atoms with Crippen molar-refractivity contribution in [1.82, 2.24) is 10.0 Å². The van der Waals surface area contributed by atoms with E-state index in [4.69, 9.17) is 0 Å². The van der Waals surface area contributed by atoms with Crippen LogP contribution in [-0.4, -0.2) is 26.9 Å². The summed E-state index contributed by atoms with van der Waals surface area (Å²) in [4.78, 5) is 0. The quantitative estimate of drug-likeness (QED) is 0.578. The average molecular weight is 178 g/mol. The molecule has 1 atom stereocenters. The molecule has 1 saturated carbocycles. The topological polar surface area (TPSA) is 58.2 Å². The molecule has 0 aromatic carbocycles. The minimum atomic E-state index is -3.01. The third kappa shape index (κ3) is 2.43. The Labute approximate surface area is 67.4 Å². The Kier molecular flexibility index (Phi) is 2.51. The van der Waals surface area contributed by atoms with Gasteiger partial charge in [-0.3, -0.25) is 0 Å². The molecule has 0 amide bonds. The molecule has 0 saturated heterocycles. The van der Waals surface area contributed by atoms with E-state index >= 15 is 0 Å².